The van der Waals surface area contributed by atoms with Crippen molar-refractivity contribution < 1.29 is 14.6 Å². The van der Waals surface area contributed by atoms with E-state index in [4.69, 9.17) is 4.74 Å². The predicted octanol–water partition coefficient (Wildman–Crippen LogP) is 6.04. The van der Waals surface area contributed by atoms with E-state index in [-0.39, 0.29) is 28.4 Å². The summed E-state index contributed by atoms with van der Waals surface area (Å²) in [6, 6.07) is 17.7. The summed E-state index contributed by atoms with van der Waals surface area (Å²) in [4.78, 5) is 17.4. The zero-order valence-electron chi connectivity index (χ0n) is 19.7. The van der Waals surface area contributed by atoms with Gasteiger partial charge in [0, 0.05) is 22.7 Å². The molecular weight excluding hydrogens is 490 g/mol. The number of phenolic OH excluding ortho intramolecular Hbond substituents is 1. The summed E-state index contributed by atoms with van der Waals surface area (Å²) < 4.78 is 6.58. The average Bonchev–Trinajstić information content (AvgIpc) is 3.56. The van der Waals surface area contributed by atoms with Crippen LogP contribution in [0.5, 0.6) is 11.5 Å². The van der Waals surface area contributed by atoms with Gasteiger partial charge in [0.05, 0.1) is 18.4 Å². The molecule has 1 amide bonds. The average molecular weight is 510 g/mol. The Kier molecular flexibility index (Phi) is 6.32. The van der Waals surface area contributed by atoms with Crippen molar-refractivity contribution in [2.24, 2.45) is 10.2 Å². The Morgan fingerprint density at radius 1 is 1.19 bits per heavy atom. The van der Waals surface area contributed by atoms with Crippen LogP contribution in [0.4, 0.5) is 17.2 Å². The Morgan fingerprint density at radius 2 is 1.97 bits per heavy atom. The van der Waals surface area contributed by atoms with Crippen LogP contribution in [0.2, 0.25) is 0 Å². The maximum absolute atomic E-state index is 13.1. The number of methoxy groups -OCH3 is 1. The van der Waals surface area contributed by atoms with E-state index in [9.17, 15) is 15.2 Å². The fourth-order valence-corrected chi connectivity index (χ4v) is 4.35. The van der Waals surface area contributed by atoms with E-state index >= 15 is 0 Å². The maximum Gasteiger partial charge on any atom is 0.259 e. The summed E-state index contributed by atoms with van der Waals surface area (Å²) >= 11 is 1.33. The van der Waals surface area contributed by atoms with Crippen LogP contribution in [-0.2, 0) is 0 Å². The third-order valence-electron chi connectivity index (χ3n) is 5.58. The van der Waals surface area contributed by atoms with Crippen molar-refractivity contribution in [3.63, 3.8) is 0 Å². The van der Waals surface area contributed by atoms with E-state index in [1.165, 1.54) is 16.0 Å². The molecule has 0 fully saturated rings. The van der Waals surface area contributed by atoms with Crippen LogP contribution in [0.15, 0.2) is 76.4 Å². The minimum Gasteiger partial charge on any atom is -0.505 e. The molecule has 3 aromatic carbocycles. The van der Waals surface area contributed by atoms with Crippen LogP contribution in [0, 0.1) is 18.3 Å². The van der Waals surface area contributed by atoms with Crippen LogP contribution >= 0.6 is 11.3 Å². The van der Waals surface area contributed by atoms with Gasteiger partial charge in [-0.05, 0) is 42.6 Å². The fourth-order valence-electron chi connectivity index (χ4n) is 3.75. The highest BCUT2D eigenvalue weighted by atomic mass is 32.1. The summed E-state index contributed by atoms with van der Waals surface area (Å²) in [5.74, 6) is -0.0417. The van der Waals surface area contributed by atoms with Gasteiger partial charge in [0.25, 0.3) is 5.91 Å². The number of aromatic hydroxyl groups is 1. The van der Waals surface area contributed by atoms with Gasteiger partial charge in [0.1, 0.15) is 23.1 Å². The number of nitrogens with zero attached hydrogens (tertiary/aromatic N) is 6. The first-order valence-electron chi connectivity index (χ1n) is 11.0. The fraction of sp³-hybridized carbons (Fsp3) is 0.0769. The highest BCUT2D eigenvalue weighted by molar-refractivity contribution is 7.12. The van der Waals surface area contributed by atoms with Crippen molar-refractivity contribution in [3.05, 3.63) is 83.0 Å². The highest BCUT2D eigenvalue weighted by Gasteiger charge is 2.21. The minimum atomic E-state index is -0.522. The van der Waals surface area contributed by atoms with E-state index < -0.39 is 5.91 Å². The molecule has 0 aliphatic carbocycles. The Morgan fingerprint density at radius 3 is 2.68 bits per heavy atom. The molecule has 2 heterocycles. The minimum absolute atomic E-state index is 0.0218. The summed E-state index contributed by atoms with van der Waals surface area (Å²) in [5, 5.41) is 40.2. The Hall–Kier alpha value is -5.08. The molecule has 5 aromatic rings. The molecule has 0 aliphatic rings. The van der Waals surface area contributed by atoms with Gasteiger partial charge in [-0.2, -0.15) is 15.0 Å². The Labute approximate surface area is 215 Å². The summed E-state index contributed by atoms with van der Waals surface area (Å²) in [5.41, 5.74) is 1.34. The SMILES string of the molecule is COc1ccc(NC(=O)c2cc3ccccc3c(N=Nc3c(C#N)c(C)nn3-c3nccs3)c2O)cc1. The number of nitriles is 1. The number of amides is 1. The number of aromatic nitrogens is 3. The number of rotatable bonds is 6. The maximum atomic E-state index is 13.1. The molecule has 0 aliphatic heterocycles. The monoisotopic (exact) mass is 509 g/mol. The quantitative estimate of drug-likeness (QED) is 0.268. The first-order chi connectivity index (χ1) is 18.0. The number of aryl methyl sites for hydroxylation is 1. The number of phenols is 1. The van der Waals surface area contributed by atoms with E-state index in [0.29, 0.717) is 33.0 Å². The van der Waals surface area contributed by atoms with Gasteiger partial charge in [0.15, 0.2) is 11.6 Å². The normalized spacial score (nSPS) is 11.1. The van der Waals surface area contributed by atoms with Crippen molar-refractivity contribution >= 4 is 45.2 Å². The number of hydrogen-bond acceptors (Lipinski definition) is 9. The molecule has 37 heavy (non-hydrogen) atoms. The number of carbonyl (C=O) groups is 1. The van der Waals surface area contributed by atoms with Gasteiger partial charge >= 0.3 is 0 Å². The lowest BCUT2D eigenvalue weighted by atomic mass is 10.0. The van der Waals surface area contributed by atoms with Gasteiger partial charge in [0.2, 0.25) is 5.13 Å². The molecule has 0 radical (unpaired) electrons. The van der Waals surface area contributed by atoms with Crippen molar-refractivity contribution in [1.29, 1.82) is 5.26 Å². The predicted molar refractivity (Wildman–Crippen MR) is 139 cm³/mol. The second kappa shape index (κ2) is 9.88. The van der Waals surface area contributed by atoms with E-state index in [1.54, 1.807) is 68.1 Å². The number of ether oxygens (including phenoxy) is 1. The lowest BCUT2D eigenvalue weighted by molar-refractivity contribution is 0.102. The van der Waals surface area contributed by atoms with Gasteiger partial charge in [-0.1, -0.05) is 24.3 Å². The van der Waals surface area contributed by atoms with Crippen LogP contribution in [-0.4, -0.2) is 32.9 Å². The summed E-state index contributed by atoms with van der Waals surface area (Å²) in [6.07, 6.45) is 1.62. The van der Waals surface area contributed by atoms with Crippen molar-refractivity contribution in [3.8, 4) is 22.7 Å². The number of fused-ring (bicyclic) bond motifs is 1. The number of thiazole rings is 1. The van der Waals surface area contributed by atoms with Crippen molar-refractivity contribution in [2.45, 2.75) is 6.92 Å². The van der Waals surface area contributed by atoms with Crippen molar-refractivity contribution in [1.82, 2.24) is 14.8 Å². The molecule has 0 spiro atoms. The molecule has 10 nitrogen and oxygen atoms in total. The zero-order valence-corrected chi connectivity index (χ0v) is 20.5. The lowest BCUT2D eigenvalue weighted by Crippen LogP contribution is -2.12. The number of azo groups is 1. The first kappa shape index (κ1) is 23.7. The van der Waals surface area contributed by atoms with Crippen LogP contribution in [0.3, 0.4) is 0 Å². The van der Waals surface area contributed by atoms with Crippen LogP contribution in [0.25, 0.3) is 15.9 Å². The van der Waals surface area contributed by atoms with Crippen LogP contribution < -0.4 is 10.1 Å². The van der Waals surface area contributed by atoms with Gasteiger partial charge in [-0.15, -0.1) is 21.6 Å². The van der Waals surface area contributed by atoms with Gasteiger partial charge in [-0.3, -0.25) is 4.79 Å². The molecule has 2 N–H and O–H groups in total. The topological polar surface area (TPSA) is 138 Å². The van der Waals surface area contributed by atoms with Crippen molar-refractivity contribution in [2.75, 3.05) is 12.4 Å². The molecular formula is C26H19N7O3S. The van der Waals surface area contributed by atoms with E-state index in [1.807, 2.05) is 12.1 Å². The van der Waals surface area contributed by atoms with Crippen LogP contribution in [0.1, 0.15) is 21.6 Å². The van der Waals surface area contributed by atoms with Gasteiger partial charge in [-0.25, -0.2) is 4.98 Å². The zero-order chi connectivity index (χ0) is 25.9. The van der Waals surface area contributed by atoms with Gasteiger partial charge < -0.3 is 15.2 Å². The second-order valence-electron chi connectivity index (χ2n) is 7.85. The standard InChI is InChI=1S/C26H19N7O3S/c1-15-21(14-27)24(33(32-15)26-28-11-12-37-26)31-30-22-19-6-4-3-5-16(19)13-20(23(22)34)25(35)29-17-7-9-18(36-2)10-8-17/h3-13,34H,1-2H3,(H,29,35). The number of hydrogen-bond donors (Lipinski definition) is 2. The lowest BCUT2D eigenvalue weighted by Gasteiger charge is -2.11. The smallest absolute Gasteiger partial charge is 0.259 e. The van der Waals surface area contributed by atoms with E-state index in [0.717, 1.165) is 0 Å². The molecule has 182 valence electrons. The summed E-state index contributed by atoms with van der Waals surface area (Å²) in [7, 11) is 1.56. The Bertz CT molecular complexity index is 1680. The van der Waals surface area contributed by atoms with E-state index in [2.05, 4.69) is 31.7 Å². The highest BCUT2D eigenvalue weighted by Crippen LogP contribution is 2.40. The largest absolute Gasteiger partial charge is 0.505 e. The molecule has 11 heteroatoms. The number of carbonyl (C=O) groups excluding carboxylic acids is 1. The molecule has 0 atom stereocenters. The second-order valence-corrected chi connectivity index (χ2v) is 8.72. The molecule has 0 saturated carbocycles. The Balaban J connectivity index is 1.59. The molecule has 0 saturated heterocycles. The molecule has 0 bridgehead atoms. The third kappa shape index (κ3) is 4.49. The number of nitrogens with one attached hydrogen (secondary N) is 1. The number of benzene rings is 3. The number of anilines is 1. The molecule has 5 rings (SSSR count). The molecule has 2 aromatic heterocycles. The first-order valence-corrected chi connectivity index (χ1v) is 11.9. The summed E-state index contributed by atoms with van der Waals surface area (Å²) in [6.45, 7) is 1.69. The molecule has 0 unspecified atom stereocenters. The third-order valence-corrected chi connectivity index (χ3v) is 6.33.